The van der Waals surface area contributed by atoms with E-state index in [9.17, 15) is 19.2 Å². The summed E-state index contributed by atoms with van der Waals surface area (Å²) in [6.45, 7) is 6.98. The maximum Gasteiger partial charge on any atom is 0.407 e. The number of carbonyl (C=O) groups excluding carboxylic acids is 4. The topological polar surface area (TPSA) is 114 Å². The van der Waals surface area contributed by atoms with Crippen LogP contribution in [0.5, 0.6) is 0 Å². The van der Waals surface area contributed by atoms with Gasteiger partial charge in [0.2, 0.25) is 16.9 Å². The first-order chi connectivity index (χ1) is 17.2. The molecular formula is C27H33N3O5S. The first-order valence-electron chi connectivity index (χ1n) is 12.1. The molecule has 3 N–H and O–H groups in total. The van der Waals surface area contributed by atoms with E-state index in [4.69, 9.17) is 4.74 Å². The van der Waals surface area contributed by atoms with Gasteiger partial charge >= 0.3 is 6.09 Å². The van der Waals surface area contributed by atoms with Crippen LogP contribution in [0.1, 0.15) is 44.7 Å². The Labute approximate surface area is 215 Å². The molecule has 8 nitrogen and oxygen atoms in total. The Morgan fingerprint density at radius 1 is 0.889 bits per heavy atom. The molecule has 0 aromatic heterocycles. The first kappa shape index (κ1) is 27.3. The fourth-order valence-corrected chi connectivity index (χ4v) is 4.69. The lowest BCUT2D eigenvalue weighted by molar-refractivity contribution is -0.130. The number of thioether (sulfide) groups is 1. The normalized spacial score (nSPS) is 13.8. The van der Waals surface area contributed by atoms with Gasteiger partial charge in [-0.05, 0) is 40.8 Å². The van der Waals surface area contributed by atoms with E-state index in [-0.39, 0.29) is 30.1 Å². The number of carbonyl (C=O) groups is 4. The summed E-state index contributed by atoms with van der Waals surface area (Å²) < 4.78 is 5.56. The lowest BCUT2D eigenvalue weighted by Gasteiger charge is -2.24. The molecule has 2 atom stereocenters. The summed E-state index contributed by atoms with van der Waals surface area (Å²) >= 11 is 1.12. The zero-order chi connectivity index (χ0) is 26.2. The van der Waals surface area contributed by atoms with Crippen LogP contribution in [-0.2, 0) is 19.1 Å². The molecule has 2 aromatic carbocycles. The van der Waals surface area contributed by atoms with E-state index in [1.807, 2.05) is 43.3 Å². The highest BCUT2D eigenvalue weighted by Crippen LogP contribution is 2.44. The van der Waals surface area contributed by atoms with Gasteiger partial charge in [0.05, 0.1) is 6.54 Å². The van der Waals surface area contributed by atoms with Gasteiger partial charge in [-0.2, -0.15) is 0 Å². The van der Waals surface area contributed by atoms with Crippen molar-refractivity contribution in [3.8, 4) is 11.1 Å². The molecule has 1 aliphatic carbocycles. The van der Waals surface area contributed by atoms with Gasteiger partial charge in [0.25, 0.3) is 0 Å². The number of fused-ring (bicyclic) bond motifs is 3. The van der Waals surface area contributed by atoms with Crippen molar-refractivity contribution in [3.05, 3.63) is 59.7 Å². The monoisotopic (exact) mass is 511 g/mol. The molecule has 2 aromatic rings. The second-order valence-electron chi connectivity index (χ2n) is 8.94. The van der Waals surface area contributed by atoms with Crippen LogP contribution in [0.25, 0.3) is 11.1 Å². The molecule has 3 amide bonds. The van der Waals surface area contributed by atoms with Gasteiger partial charge in [-0.25, -0.2) is 4.79 Å². The van der Waals surface area contributed by atoms with E-state index in [2.05, 4.69) is 28.1 Å². The van der Waals surface area contributed by atoms with Gasteiger partial charge < -0.3 is 20.7 Å². The first-order valence-corrected chi connectivity index (χ1v) is 13.1. The van der Waals surface area contributed by atoms with Gasteiger partial charge in [-0.1, -0.05) is 81.1 Å². The van der Waals surface area contributed by atoms with E-state index in [0.29, 0.717) is 5.75 Å². The van der Waals surface area contributed by atoms with E-state index >= 15 is 0 Å². The Hall–Kier alpha value is -3.33. The van der Waals surface area contributed by atoms with Crippen molar-refractivity contribution in [2.75, 3.05) is 18.9 Å². The minimum absolute atomic E-state index is 0.0909. The van der Waals surface area contributed by atoms with Crippen molar-refractivity contribution < 1.29 is 23.9 Å². The summed E-state index contributed by atoms with van der Waals surface area (Å²) in [6.07, 6.45) is -0.704. The minimum Gasteiger partial charge on any atom is -0.449 e. The molecule has 0 saturated carbocycles. The zero-order valence-electron chi connectivity index (χ0n) is 21.0. The van der Waals surface area contributed by atoms with Gasteiger partial charge in [-0.15, -0.1) is 0 Å². The maximum absolute atomic E-state index is 12.8. The van der Waals surface area contributed by atoms with Crippen molar-refractivity contribution in [2.45, 2.75) is 45.7 Å². The third-order valence-corrected chi connectivity index (χ3v) is 6.79. The molecule has 0 aliphatic heterocycles. The molecule has 0 fully saturated rings. The molecule has 9 heteroatoms. The number of ether oxygens (including phenoxy) is 1. The molecular weight excluding hydrogens is 478 g/mol. The van der Waals surface area contributed by atoms with Crippen LogP contribution in [-0.4, -0.2) is 54.0 Å². The SMILES string of the molecule is CCSC(=O)CNC(=O)[C@H](C)NC(=O)[C@@H](NC(=O)OCC1c2ccccc2-c2ccccc21)C(C)C. The van der Waals surface area contributed by atoms with E-state index < -0.39 is 30.0 Å². The van der Waals surface area contributed by atoms with Crippen LogP contribution in [0.3, 0.4) is 0 Å². The molecule has 1 aliphatic rings. The zero-order valence-corrected chi connectivity index (χ0v) is 21.8. The molecule has 0 heterocycles. The van der Waals surface area contributed by atoms with Crippen molar-refractivity contribution in [2.24, 2.45) is 5.92 Å². The molecule has 0 radical (unpaired) electrons. The Morgan fingerprint density at radius 3 is 2.03 bits per heavy atom. The Morgan fingerprint density at radius 2 is 1.47 bits per heavy atom. The molecule has 192 valence electrons. The predicted octanol–water partition coefficient (Wildman–Crippen LogP) is 3.45. The Kier molecular flexibility index (Phi) is 9.52. The molecule has 0 saturated heterocycles. The van der Waals surface area contributed by atoms with Gasteiger partial charge in [-0.3, -0.25) is 14.4 Å². The number of hydrogen-bond donors (Lipinski definition) is 3. The minimum atomic E-state index is -0.895. The maximum atomic E-state index is 12.8. The second kappa shape index (κ2) is 12.6. The fourth-order valence-electron chi connectivity index (χ4n) is 4.20. The van der Waals surface area contributed by atoms with Crippen LogP contribution in [0.2, 0.25) is 0 Å². The molecule has 0 bridgehead atoms. The van der Waals surface area contributed by atoms with Gasteiger partial charge in [0, 0.05) is 5.92 Å². The number of benzene rings is 2. The molecule has 36 heavy (non-hydrogen) atoms. The van der Waals surface area contributed by atoms with Crippen molar-refractivity contribution in [1.82, 2.24) is 16.0 Å². The summed E-state index contributed by atoms with van der Waals surface area (Å²) in [5.41, 5.74) is 4.45. The number of hydrogen-bond acceptors (Lipinski definition) is 6. The average Bonchev–Trinajstić information content (AvgIpc) is 3.18. The summed E-state index contributed by atoms with van der Waals surface area (Å²) in [7, 11) is 0. The average molecular weight is 512 g/mol. The van der Waals surface area contributed by atoms with E-state index in [1.54, 1.807) is 13.8 Å². The summed E-state index contributed by atoms with van der Waals surface area (Å²) in [5.74, 6) is -0.694. The van der Waals surface area contributed by atoms with Crippen molar-refractivity contribution in [1.29, 1.82) is 0 Å². The van der Waals surface area contributed by atoms with Gasteiger partial charge in [0.15, 0.2) is 0 Å². The highest BCUT2D eigenvalue weighted by atomic mass is 32.2. The lowest BCUT2D eigenvalue weighted by atomic mass is 9.98. The quantitative estimate of drug-likeness (QED) is 0.450. The molecule has 3 rings (SSSR count). The van der Waals surface area contributed by atoms with Crippen LogP contribution in [0, 0.1) is 5.92 Å². The smallest absolute Gasteiger partial charge is 0.407 e. The van der Waals surface area contributed by atoms with Crippen LogP contribution in [0.15, 0.2) is 48.5 Å². The van der Waals surface area contributed by atoms with Crippen LogP contribution >= 0.6 is 11.8 Å². The number of nitrogens with one attached hydrogen (secondary N) is 3. The summed E-state index contributed by atoms with van der Waals surface area (Å²) in [4.78, 5) is 49.4. The number of amides is 3. The van der Waals surface area contributed by atoms with E-state index in [1.165, 1.54) is 6.92 Å². The number of alkyl carbamates (subject to hydrolysis) is 1. The van der Waals surface area contributed by atoms with E-state index in [0.717, 1.165) is 34.0 Å². The highest BCUT2D eigenvalue weighted by Gasteiger charge is 2.31. The highest BCUT2D eigenvalue weighted by molar-refractivity contribution is 8.13. The van der Waals surface area contributed by atoms with Gasteiger partial charge in [0.1, 0.15) is 18.7 Å². The largest absolute Gasteiger partial charge is 0.449 e. The predicted molar refractivity (Wildman–Crippen MR) is 141 cm³/mol. The summed E-state index contributed by atoms with van der Waals surface area (Å²) in [6, 6.07) is 14.3. The summed E-state index contributed by atoms with van der Waals surface area (Å²) in [5, 5.41) is 7.60. The van der Waals surface area contributed by atoms with Crippen LogP contribution < -0.4 is 16.0 Å². The van der Waals surface area contributed by atoms with Crippen LogP contribution in [0.4, 0.5) is 4.79 Å². The third-order valence-electron chi connectivity index (χ3n) is 6.03. The Bertz CT molecular complexity index is 1070. The number of rotatable bonds is 10. The lowest BCUT2D eigenvalue weighted by Crippen LogP contribution is -2.54. The molecule has 0 spiro atoms. The molecule has 0 unspecified atom stereocenters. The second-order valence-corrected chi connectivity index (χ2v) is 10.3. The Balaban J connectivity index is 1.56. The van der Waals surface area contributed by atoms with Crippen molar-refractivity contribution in [3.63, 3.8) is 0 Å². The fraction of sp³-hybridized carbons (Fsp3) is 0.407. The standard InChI is InChI=1S/C27H33N3O5S/c1-5-36-23(31)14-28-25(32)17(4)29-26(33)24(16(2)3)30-27(34)35-15-22-20-12-8-6-10-18(20)19-11-7-9-13-21(19)22/h6-13,16-17,22,24H,5,14-15H2,1-4H3,(H,28,32)(H,29,33)(H,30,34)/t17-,24-/m0/s1. The third kappa shape index (κ3) is 6.66. The van der Waals surface area contributed by atoms with Crippen molar-refractivity contribution >= 4 is 34.8 Å².